The van der Waals surface area contributed by atoms with Gasteiger partial charge >= 0.3 is 0 Å². The van der Waals surface area contributed by atoms with Gasteiger partial charge in [-0.15, -0.1) is 0 Å². The third-order valence-corrected chi connectivity index (χ3v) is 8.53. The molecular formula is C23H32O2. The molecule has 0 aromatic carbocycles. The summed E-state index contributed by atoms with van der Waals surface area (Å²) in [6.45, 7) is 5.78. The van der Waals surface area contributed by atoms with Gasteiger partial charge in [-0.3, -0.25) is 4.79 Å². The summed E-state index contributed by atoms with van der Waals surface area (Å²) < 4.78 is 6.61. The highest BCUT2D eigenvalue weighted by Crippen LogP contribution is 2.75. The molecule has 0 unspecified atom stereocenters. The summed E-state index contributed by atoms with van der Waals surface area (Å²) >= 11 is 0. The van der Waals surface area contributed by atoms with Crippen LogP contribution < -0.4 is 0 Å². The van der Waals surface area contributed by atoms with Gasteiger partial charge in [0, 0.05) is 18.4 Å². The number of hydrogen-bond donors (Lipinski definition) is 0. The fourth-order valence-electron chi connectivity index (χ4n) is 7.14. The second-order valence-corrected chi connectivity index (χ2v) is 9.54. The van der Waals surface area contributed by atoms with E-state index in [9.17, 15) is 4.79 Å². The topological polar surface area (TPSA) is 26.3 Å². The molecule has 3 saturated carbocycles. The van der Waals surface area contributed by atoms with Crippen molar-refractivity contribution in [2.75, 3.05) is 6.61 Å². The molecule has 3 fully saturated rings. The van der Waals surface area contributed by atoms with Gasteiger partial charge < -0.3 is 4.74 Å². The number of ether oxygens (including phenoxy) is 1. The third-order valence-electron chi connectivity index (χ3n) is 8.53. The van der Waals surface area contributed by atoms with E-state index in [0.29, 0.717) is 11.2 Å². The van der Waals surface area contributed by atoms with Crippen LogP contribution in [0.2, 0.25) is 0 Å². The minimum Gasteiger partial charge on any atom is -0.374 e. The predicted octanol–water partition coefficient (Wildman–Crippen LogP) is 5.38. The van der Waals surface area contributed by atoms with Gasteiger partial charge in [-0.2, -0.15) is 0 Å². The van der Waals surface area contributed by atoms with Crippen LogP contribution in [0.5, 0.6) is 0 Å². The summed E-state index contributed by atoms with van der Waals surface area (Å²) in [5.41, 5.74) is 5.35. The van der Waals surface area contributed by atoms with Crippen molar-refractivity contribution in [2.24, 2.45) is 23.2 Å². The van der Waals surface area contributed by atoms with Crippen molar-refractivity contribution < 1.29 is 9.53 Å². The summed E-state index contributed by atoms with van der Waals surface area (Å²) in [5.74, 6) is 2.78. The molecule has 2 nitrogen and oxygen atoms in total. The van der Waals surface area contributed by atoms with Crippen molar-refractivity contribution in [3.05, 3.63) is 22.8 Å². The molecule has 136 valence electrons. The van der Waals surface area contributed by atoms with Crippen molar-refractivity contribution in [2.45, 2.75) is 83.7 Å². The molecular weight excluding hydrogens is 308 g/mol. The molecule has 0 N–H and O–H groups in total. The largest absolute Gasteiger partial charge is 0.374 e. The molecule has 0 radical (unpaired) electrons. The van der Waals surface area contributed by atoms with Crippen LogP contribution >= 0.6 is 0 Å². The summed E-state index contributed by atoms with van der Waals surface area (Å²) in [6, 6.07) is 0. The van der Waals surface area contributed by atoms with Gasteiger partial charge in [0.15, 0.2) is 5.78 Å². The van der Waals surface area contributed by atoms with Crippen molar-refractivity contribution in [1.82, 2.24) is 0 Å². The molecule has 2 heteroatoms. The maximum absolute atomic E-state index is 11.8. The smallest absolute Gasteiger partial charge is 0.156 e. The highest BCUT2D eigenvalue weighted by molar-refractivity contribution is 5.93. The second kappa shape index (κ2) is 5.55. The first-order chi connectivity index (χ1) is 12.1. The normalized spacial score (nSPS) is 44.6. The van der Waals surface area contributed by atoms with E-state index in [1.165, 1.54) is 50.5 Å². The van der Waals surface area contributed by atoms with Gasteiger partial charge in [-0.1, -0.05) is 25.8 Å². The first kappa shape index (κ1) is 16.3. The average Bonchev–Trinajstić information content (AvgIpc) is 3.25. The fourth-order valence-corrected chi connectivity index (χ4v) is 7.14. The Morgan fingerprint density at radius 1 is 1.24 bits per heavy atom. The van der Waals surface area contributed by atoms with Gasteiger partial charge in [0.1, 0.15) is 0 Å². The second-order valence-electron chi connectivity index (χ2n) is 9.54. The lowest BCUT2D eigenvalue weighted by molar-refractivity contribution is -0.114. The van der Waals surface area contributed by atoms with Crippen molar-refractivity contribution >= 4 is 5.78 Å². The zero-order valence-electron chi connectivity index (χ0n) is 15.9. The number of hydrogen-bond acceptors (Lipinski definition) is 2. The van der Waals surface area contributed by atoms with Crippen molar-refractivity contribution in [3.63, 3.8) is 0 Å². The van der Waals surface area contributed by atoms with Crippen LogP contribution in [0.4, 0.5) is 0 Å². The van der Waals surface area contributed by atoms with E-state index in [1.54, 1.807) is 11.1 Å². The summed E-state index contributed by atoms with van der Waals surface area (Å²) in [4.78, 5) is 11.8. The number of unbranched alkanes of at least 4 members (excludes halogenated alkanes) is 1. The molecule has 0 amide bonds. The molecule has 5 aliphatic rings. The SMILES string of the molecule is CCCCO[C@@]12C[C@@H]1C[C@H]1[C@@H]3CCC4=CC(=O)CCC4=C3CC[C@@]12C. The van der Waals surface area contributed by atoms with Crippen LogP contribution in [-0.2, 0) is 9.53 Å². The van der Waals surface area contributed by atoms with Gasteiger partial charge in [0.05, 0.1) is 5.60 Å². The molecule has 0 bridgehead atoms. The average molecular weight is 341 g/mol. The van der Waals surface area contributed by atoms with Gasteiger partial charge in [0.2, 0.25) is 0 Å². The molecule has 5 rings (SSSR count). The fraction of sp³-hybridized carbons (Fsp3) is 0.783. The molecule has 0 aromatic heterocycles. The lowest BCUT2D eigenvalue weighted by atomic mass is 9.55. The number of carbonyl (C=O) groups excluding carboxylic acids is 1. The highest BCUT2D eigenvalue weighted by Gasteiger charge is 2.74. The Bertz CT molecular complexity index is 672. The lowest BCUT2D eigenvalue weighted by Crippen LogP contribution is -2.46. The molecule has 0 aromatic rings. The van der Waals surface area contributed by atoms with Crippen molar-refractivity contribution in [1.29, 1.82) is 0 Å². The Balaban J connectivity index is 1.44. The molecule has 5 atom stereocenters. The molecule has 0 aliphatic heterocycles. The molecule has 5 aliphatic carbocycles. The summed E-state index contributed by atoms with van der Waals surface area (Å²) in [7, 11) is 0. The zero-order valence-corrected chi connectivity index (χ0v) is 15.9. The molecule has 25 heavy (non-hydrogen) atoms. The van der Waals surface area contributed by atoms with Crippen LogP contribution in [-0.4, -0.2) is 18.0 Å². The standard InChI is InChI=1S/C23H32O2/c1-3-4-11-25-23-14-16(23)13-21-20-7-5-15-12-17(24)6-8-18(15)19(20)9-10-22(21,23)2/h12,16,20-21H,3-11,13-14H2,1-2H3/t16-,20+,21-,22-,23-/m0/s1. The first-order valence-corrected chi connectivity index (χ1v) is 10.7. The zero-order chi connectivity index (χ0) is 17.2. The number of ketones is 1. The van der Waals surface area contributed by atoms with Crippen LogP contribution in [0.1, 0.15) is 78.1 Å². The minimum absolute atomic E-state index is 0.224. The number of fused-ring (bicyclic) bond motifs is 6. The third kappa shape index (κ3) is 2.16. The van der Waals surface area contributed by atoms with E-state index in [2.05, 4.69) is 13.8 Å². The Hall–Kier alpha value is -0.890. The van der Waals surface area contributed by atoms with Gasteiger partial charge in [-0.25, -0.2) is 0 Å². The number of rotatable bonds is 4. The minimum atomic E-state index is 0.224. The predicted molar refractivity (Wildman–Crippen MR) is 99.2 cm³/mol. The molecule has 0 saturated heterocycles. The lowest BCUT2D eigenvalue weighted by Gasteiger charge is -2.51. The summed E-state index contributed by atoms with van der Waals surface area (Å²) in [5, 5.41) is 0. The van der Waals surface area contributed by atoms with Crippen LogP contribution in [0.25, 0.3) is 0 Å². The monoisotopic (exact) mass is 340 g/mol. The maximum Gasteiger partial charge on any atom is 0.156 e. The van der Waals surface area contributed by atoms with E-state index in [1.807, 2.05) is 6.08 Å². The van der Waals surface area contributed by atoms with E-state index in [4.69, 9.17) is 4.74 Å². The number of allylic oxidation sites excluding steroid dienone is 4. The summed E-state index contributed by atoms with van der Waals surface area (Å²) in [6.07, 6.45) is 13.8. The van der Waals surface area contributed by atoms with Crippen molar-refractivity contribution in [3.8, 4) is 0 Å². The number of carbonyl (C=O) groups is 1. The van der Waals surface area contributed by atoms with E-state index < -0.39 is 0 Å². The Morgan fingerprint density at radius 3 is 2.96 bits per heavy atom. The van der Waals surface area contributed by atoms with Crippen LogP contribution in [0, 0.1) is 23.2 Å². The van der Waals surface area contributed by atoms with E-state index in [-0.39, 0.29) is 5.60 Å². The maximum atomic E-state index is 11.8. The van der Waals surface area contributed by atoms with E-state index >= 15 is 0 Å². The van der Waals surface area contributed by atoms with E-state index in [0.717, 1.165) is 43.6 Å². The Labute approximate surface area is 152 Å². The van der Waals surface area contributed by atoms with Crippen LogP contribution in [0.3, 0.4) is 0 Å². The molecule has 0 spiro atoms. The Kier molecular flexibility index (Phi) is 3.62. The quantitative estimate of drug-likeness (QED) is 0.642. The Morgan fingerprint density at radius 2 is 2.12 bits per heavy atom. The van der Waals surface area contributed by atoms with Gasteiger partial charge in [0.25, 0.3) is 0 Å². The van der Waals surface area contributed by atoms with Gasteiger partial charge in [-0.05, 0) is 86.3 Å². The first-order valence-electron chi connectivity index (χ1n) is 10.7. The molecule has 0 heterocycles. The van der Waals surface area contributed by atoms with Crippen LogP contribution in [0.15, 0.2) is 22.8 Å². The highest BCUT2D eigenvalue weighted by atomic mass is 16.5.